The van der Waals surface area contributed by atoms with Gasteiger partial charge in [-0.2, -0.15) is 5.10 Å². The highest BCUT2D eigenvalue weighted by atomic mass is 35.5. The molecule has 224 valence electrons. The number of benzene rings is 2. The number of nitrogens with one attached hydrogen (secondary N) is 1. The molecule has 10 nitrogen and oxygen atoms in total. The number of halogens is 4. The molecule has 1 aliphatic carbocycles. The molecule has 3 N–H and O–H groups in total. The summed E-state index contributed by atoms with van der Waals surface area (Å²) in [5.41, 5.74) is 6.44. The van der Waals surface area contributed by atoms with Crippen molar-refractivity contribution in [2.45, 2.75) is 43.9 Å². The van der Waals surface area contributed by atoms with Crippen molar-refractivity contribution < 1.29 is 27.6 Å². The number of nitrogens with two attached hydrogens (primary N) is 1. The van der Waals surface area contributed by atoms with Gasteiger partial charge in [-0.15, -0.1) is 0 Å². The van der Waals surface area contributed by atoms with Gasteiger partial charge in [0.15, 0.2) is 5.69 Å². The lowest BCUT2D eigenvalue weighted by atomic mass is 9.75. The second-order valence-corrected chi connectivity index (χ2v) is 11.0. The first kappa shape index (κ1) is 29.1. The summed E-state index contributed by atoms with van der Waals surface area (Å²) >= 11 is 5.82. The van der Waals surface area contributed by atoms with Crippen LogP contribution in [0.15, 0.2) is 54.9 Å². The van der Waals surface area contributed by atoms with Gasteiger partial charge in [-0.25, -0.2) is 23.1 Å². The Morgan fingerprint density at radius 1 is 1.11 bits per heavy atom. The standard InChI is InChI=1S/C30H23ClF3N7O3/c31-20-4-1-3-17(26(20)32)14-38-29(44)22-12-19-23(13-30(19,33)34)41(22)25(42)15-40-21-7-5-16(6-8-24-36-9-2-10-37-24)11-18(21)27(39-40)28(35)43/h1-5,7,9-11,19,22-23H,12-15H2,(H2,35,43)(H,38,44)/t19?,22-,23+/m0/s1. The SMILES string of the molecule is NC(=O)c1nn(CC(=O)N2[C@@H]3CC(F)(F)C3C[C@H]2C(=O)NCc2cccc(Cl)c2F)c2ccc(C#Cc3ncccn3)cc12. The molecular weight excluding hydrogens is 599 g/mol. The van der Waals surface area contributed by atoms with E-state index >= 15 is 0 Å². The number of alkyl halides is 2. The van der Waals surface area contributed by atoms with Gasteiger partial charge in [0.2, 0.25) is 17.6 Å². The minimum atomic E-state index is -3.03. The van der Waals surface area contributed by atoms with Gasteiger partial charge >= 0.3 is 0 Å². The van der Waals surface area contributed by atoms with Crippen LogP contribution in [0.25, 0.3) is 10.9 Å². The zero-order chi connectivity index (χ0) is 31.2. The van der Waals surface area contributed by atoms with Crippen molar-refractivity contribution in [1.82, 2.24) is 30.0 Å². The maximum absolute atomic E-state index is 14.4. The molecule has 2 aromatic carbocycles. The topological polar surface area (TPSA) is 136 Å². The van der Waals surface area contributed by atoms with Gasteiger partial charge in [0.05, 0.1) is 10.5 Å². The van der Waals surface area contributed by atoms with Crippen molar-refractivity contribution in [3.05, 3.63) is 88.3 Å². The van der Waals surface area contributed by atoms with E-state index in [9.17, 15) is 27.6 Å². The average molecular weight is 622 g/mol. The predicted octanol–water partition coefficient (Wildman–Crippen LogP) is 3.06. The molecule has 0 bridgehead atoms. The lowest BCUT2D eigenvalue weighted by Gasteiger charge is -2.43. The van der Waals surface area contributed by atoms with Crippen LogP contribution in [0.4, 0.5) is 13.2 Å². The van der Waals surface area contributed by atoms with Gasteiger partial charge < -0.3 is 16.0 Å². The second kappa shape index (κ2) is 11.3. The van der Waals surface area contributed by atoms with E-state index in [0.717, 1.165) is 4.90 Å². The first-order valence-corrected chi connectivity index (χ1v) is 13.9. The van der Waals surface area contributed by atoms with Crippen LogP contribution in [0, 0.1) is 23.6 Å². The van der Waals surface area contributed by atoms with Crippen molar-refractivity contribution >= 4 is 40.2 Å². The quantitative estimate of drug-likeness (QED) is 0.318. The minimum Gasteiger partial charge on any atom is -0.364 e. The van der Waals surface area contributed by atoms with Crippen molar-refractivity contribution in [3.63, 3.8) is 0 Å². The number of nitrogens with zero attached hydrogens (tertiary/aromatic N) is 5. The van der Waals surface area contributed by atoms with Gasteiger partial charge in [0.1, 0.15) is 18.4 Å². The van der Waals surface area contributed by atoms with Gasteiger partial charge in [-0.05, 0) is 42.7 Å². The summed E-state index contributed by atoms with van der Waals surface area (Å²) in [5.74, 6) is -1.12. The van der Waals surface area contributed by atoms with Gasteiger partial charge in [0.25, 0.3) is 11.8 Å². The van der Waals surface area contributed by atoms with Crippen molar-refractivity contribution in [1.29, 1.82) is 0 Å². The summed E-state index contributed by atoms with van der Waals surface area (Å²) in [6.45, 7) is -0.697. The maximum Gasteiger partial charge on any atom is 0.269 e. The van der Waals surface area contributed by atoms with Crippen molar-refractivity contribution in [3.8, 4) is 11.8 Å². The Morgan fingerprint density at radius 2 is 1.89 bits per heavy atom. The van der Waals surface area contributed by atoms with Gasteiger partial charge in [0, 0.05) is 53.8 Å². The Labute approximate surface area is 253 Å². The fraction of sp³-hybridized carbons (Fsp3) is 0.267. The Balaban J connectivity index is 1.25. The van der Waals surface area contributed by atoms with E-state index < -0.39 is 60.4 Å². The Morgan fingerprint density at radius 3 is 2.61 bits per heavy atom. The predicted molar refractivity (Wildman–Crippen MR) is 152 cm³/mol. The molecule has 3 atom stereocenters. The molecule has 1 unspecified atom stereocenters. The number of amides is 3. The number of hydrogen-bond acceptors (Lipinski definition) is 6. The fourth-order valence-corrected chi connectivity index (χ4v) is 5.93. The molecule has 3 amide bonds. The molecule has 6 rings (SSSR count). The number of primary amides is 1. The summed E-state index contributed by atoms with van der Waals surface area (Å²) in [4.78, 5) is 48.3. The van der Waals surface area contributed by atoms with Crippen LogP contribution in [0.2, 0.25) is 5.02 Å². The third-order valence-corrected chi connectivity index (χ3v) is 8.18. The zero-order valence-electron chi connectivity index (χ0n) is 22.8. The third kappa shape index (κ3) is 5.33. The molecular formula is C30H23ClF3N7O3. The lowest BCUT2D eigenvalue weighted by Crippen LogP contribution is -2.57. The van der Waals surface area contributed by atoms with Crippen molar-refractivity contribution in [2.24, 2.45) is 11.7 Å². The van der Waals surface area contributed by atoms with Gasteiger partial charge in [-0.1, -0.05) is 29.7 Å². The van der Waals surface area contributed by atoms with Crippen LogP contribution in [-0.4, -0.2) is 60.4 Å². The first-order chi connectivity index (χ1) is 21.0. The van der Waals surface area contributed by atoms with E-state index in [0.29, 0.717) is 22.3 Å². The molecule has 14 heteroatoms. The third-order valence-electron chi connectivity index (χ3n) is 7.89. The monoisotopic (exact) mass is 621 g/mol. The molecule has 44 heavy (non-hydrogen) atoms. The summed E-state index contributed by atoms with van der Waals surface area (Å²) in [5, 5.41) is 6.99. The van der Waals surface area contributed by atoms with Crippen molar-refractivity contribution in [2.75, 3.05) is 0 Å². The largest absolute Gasteiger partial charge is 0.364 e. The molecule has 2 aromatic heterocycles. The average Bonchev–Trinajstić information content (AvgIpc) is 3.53. The van der Waals surface area contributed by atoms with Gasteiger partial charge in [-0.3, -0.25) is 19.1 Å². The summed E-state index contributed by atoms with van der Waals surface area (Å²) in [6.07, 6.45) is 2.25. The normalized spacial score (nSPS) is 19.9. The minimum absolute atomic E-state index is 0.109. The number of fused-ring (bicyclic) bond motifs is 2. The smallest absolute Gasteiger partial charge is 0.269 e. The van der Waals surface area contributed by atoms with E-state index in [2.05, 4.69) is 32.2 Å². The Kier molecular flexibility index (Phi) is 7.46. The molecule has 0 spiro atoms. The number of carbonyl (C=O) groups excluding carboxylic acids is 3. The lowest BCUT2D eigenvalue weighted by molar-refractivity contribution is -0.168. The molecule has 1 saturated heterocycles. The van der Waals surface area contributed by atoms with Crippen LogP contribution in [0.3, 0.4) is 0 Å². The molecule has 1 aliphatic heterocycles. The molecule has 3 heterocycles. The summed E-state index contributed by atoms with van der Waals surface area (Å²) in [7, 11) is 0. The fourth-order valence-electron chi connectivity index (χ4n) is 5.74. The number of hydrogen-bond donors (Lipinski definition) is 2. The molecule has 1 saturated carbocycles. The van der Waals surface area contributed by atoms with Crippen LogP contribution in [-0.2, 0) is 22.7 Å². The van der Waals surface area contributed by atoms with Crippen LogP contribution in [0.1, 0.15) is 40.3 Å². The van der Waals surface area contributed by atoms with E-state index in [1.807, 2.05) is 0 Å². The Hall–Kier alpha value is -4.96. The summed E-state index contributed by atoms with van der Waals surface area (Å²) < 4.78 is 44.4. The molecule has 2 aliphatic rings. The van der Waals surface area contributed by atoms with Crippen LogP contribution in [0.5, 0.6) is 0 Å². The highest BCUT2D eigenvalue weighted by Crippen LogP contribution is 2.53. The van der Waals surface area contributed by atoms with E-state index in [-0.39, 0.29) is 29.2 Å². The molecule has 0 radical (unpaired) electrons. The van der Waals surface area contributed by atoms with Crippen LogP contribution < -0.4 is 11.1 Å². The summed E-state index contributed by atoms with van der Waals surface area (Å²) in [6, 6.07) is 8.72. The first-order valence-electron chi connectivity index (χ1n) is 13.5. The highest BCUT2D eigenvalue weighted by molar-refractivity contribution is 6.30. The second-order valence-electron chi connectivity index (χ2n) is 10.5. The highest BCUT2D eigenvalue weighted by Gasteiger charge is 2.65. The number of aromatic nitrogens is 4. The van der Waals surface area contributed by atoms with Crippen LogP contribution >= 0.6 is 11.6 Å². The molecule has 4 aromatic rings. The number of rotatable bonds is 6. The molecule has 2 fully saturated rings. The zero-order valence-corrected chi connectivity index (χ0v) is 23.6. The maximum atomic E-state index is 14.4. The van der Waals surface area contributed by atoms with E-state index in [1.54, 1.807) is 36.7 Å². The van der Waals surface area contributed by atoms with E-state index in [1.165, 1.54) is 22.9 Å². The number of carbonyl (C=O) groups is 3. The number of likely N-dealkylation sites (tertiary alicyclic amines) is 1. The van der Waals surface area contributed by atoms with E-state index in [4.69, 9.17) is 17.3 Å². The Bertz CT molecular complexity index is 1870.